The zero-order valence-electron chi connectivity index (χ0n) is 12.7. The van der Waals surface area contributed by atoms with Gasteiger partial charge in [0, 0.05) is 0 Å². The molecule has 4 heteroatoms. The summed E-state index contributed by atoms with van der Waals surface area (Å²) in [7, 11) is 0. The summed E-state index contributed by atoms with van der Waals surface area (Å²) in [5.41, 5.74) is 1.37. The summed E-state index contributed by atoms with van der Waals surface area (Å²) in [6.45, 7) is 2.16. The SMILES string of the molecule is C[C@]12CCCC=C1C(CC(=O)OCc1ccccc1)OC2=O. The van der Waals surface area contributed by atoms with Crippen molar-refractivity contribution in [2.75, 3.05) is 0 Å². The number of carbonyl (C=O) groups excluding carboxylic acids is 2. The average molecular weight is 300 g/mol. The van der Waals surface area contributed by atoms with Gasteiger partial charge in [0.2, 0.25) is 0 Å². The molecule has 1 fully saturated rings. The maximum Gasteiger partial charge on any atom is 0.316 e. The summed E-state index contributed by atoms with van der Waals surface area (Å²) in [5.74, 6) is -0.545. The highest BCUT2D eigenvalue weighted by atomic mass is 16.6. The Labute approximate surface area is 130 Å². The number of esters is 2. The molecular weight excluding hydrogens is 280 g/mol. The van der Waals surface area contributed by atoms with Crippen LogP contribution in [-0.2, 0) is 25.7 Å². The number of hydrogen-bond donors (Lipinski definition) is 0. The van der Waals surface area contributed by atoms with E-state index in [1.54, 1.807) is 0 Å². The Morgan fingerprint density at radius 3 is 2.91 bits per heavy atom. The van der Waals surface area contributed by atoms with Crippen LogP contribution in [0, 0.1) is 5.41 Å². The van der Waals surface area contributed by atoms with Crippen molar-refractivity contribution in [2.24, 2.45) is 5.41 Å². The van der Waals surface area contributed by atoms with Crippen LogP contribution in [0.5, 0.6) is 0 Å². The lowest BCUT2D eigenvalue weighted by Gasteiger charge is -2.25. The van der Waals surface area contributed by atoms with Crippen LogP contribution in [-0.4, -0.2) is 18.0 Å². The third-order valence-corrected chi connectivity index (χ3v) is 4.52. The largest absolute Gasteiger partial charge is 0.461 e. The molecule has 4 nitrogen and oxygen atoms in total. The molecule has 0 spiro atoms. The number of rotatable bonds is 4. The summed E-state index contributed by atoms with van der Waals surface area (Å²) < 4.78 is 10.7. The van der Waals surface area contributed by atoms with Crippen LogP contribution < -0.4 is 0 Å². The lowest BCUT2D eigenvalue weighted by atomic mass is 9.73. The van der Waals surface area contributed by atoms with E-state index in [4.69, 9.17) is 9.47 Å². The van der Waals surface area contributed by atoms with Crippen molar-refractivity contribution in [3.05, 3.63) is 47.5 Å². The highest BCUT2D eigenvalue weighted by Gasteiger charge is 2.50. The molecule has 0 radical (unpaired) electrons. The van der Waals surface area contributed by atoms with Crippen LogP contribution >= 0.6 is 0 Å². The van der Waals surface area contributed by atoms with Crippen molar-refractivity contribution in [1.82, 2.24) is 0 Å². The van der Waals surface area contributed by atoms with E-state index in [2.05, 4.69) is 6.08 Å². The zero-order valence-corrected chi connectivity index (χ0v) is 12.7. The number of cyclic esters (lactones) is 1. The molecule has 0 saturated carbocycles. The standard InChI is InChI=1S/C18H20O4/c1-18-10-6-5-9-14(18)15(22-17(18)20)11-16(19)21-12-13-7-3-2-4-8-13/h2-4,7-9,15H,5-6,10-12H2,1H3/t15?,18-/m0/s1. The average Bonchev–Trinajstić information content (AvgIpc) is 2.77. The maximum absolute atomic E-state index is 12.1. The summed E-state index contributed by atoms with van der Waals surface area (Å²) in [6.07, 6.45) is 4.43. The van der Waals surface area contributed by atoms with Crippen LogP contribution in [0.15, 0.2) is 42.0 Å². The molecule has 0 aromatic heterocycles. The van der Waals surface area contributed by atoms with Crippen molar-refractivity contribution < 1.29 is 19.1 Å². The molecule has 1 aromatic rings. The van der Waals surface area contributed by atoms with Crippen LogP contribution in [0.25, 0.3) is 0 Å². The Bertz CT molecular complexity index is 605. The molecule has 0 amide bonds. The minimum atomic E-state index is -0.539. The lowest BCUT2D eigenvalue weighted by Crippen LogP contribution is -2.27. The van der Waals surface area contributed by atoms with Crippen molar-refractivity contribution in [1.29, 1.82) is 0 Å². The Hall–Kier alpha value is -2.10. The predicted octanol–water partition coefficient (Wildman–Crippen LogP) is 3.16. The predicted molar refractivity (Wildman–Crippen MR) is 80.8 cm³/mol. The van der Waals surface area contributed by atoms with Crippen molar-refractivity contribution >= 4 is 11.9 Å². The van der Waals surface area contributed by atoms with E-state index in [-0.39, 0.29) is 25.0 Å². The third kappa shape index (κ3) is 2.78. The third-order valence-electron chi connectivity index (χ3n) is 4.52. The molecule has 2 aliphatic rings. The molecular formula is C18H20O4. The number of carbonyl (C=O) groups is 2. The minimum absolute atomic E-state index is 0.0972. The fraction of sp³-hybridized carbons (Fsp3) is 0.444. The van der Waals surface area contributed by atoms with Crippen molar-refractivity contribution in [2.45, 2.75) is 45.3 Å². The summed E-state index contributed by atoms with van der Waals surface area (Å²) in [6, 6.07) is 9.54. The van der Waals surface area contributed by atoms with E-state index in [0.29, 0.717) is 0 Å². The molecule has 2 atom stereocenters. The quantitative estimate of drug-likeness (QED) is 0.633. The second kappa shape index (κ2) is 5.95. The molecule has 0 N–H and O–H groups in total. The molecule has 3 rings (SSSR count). The molecule has 116 valence electrons. The second-order valence-electron chi connectivity index (χ2n) is 6.13. The Morgan fingerprint density at radius 1 is 1.36 bits per heavy atom. The number of fused-ring (bicyclic) bond motifs is 1. The lowest BCUT2D eigenvalue weighted by molar-refractivity contribution is -0.152. The fourth-order valence-electron chi connectivity index (χ4n) is 3.21. The Balaban J connectivity index is 1.60. The van der Waals surface area contributed by atoms with E-state index in [0.717, 1.165) is 30.4 Å². The minimum Gasteiger partial charge on any atom is -0.461 e. The molecule has 1 saturated heterocycles. The van der Waals surface area contributed by atoms with E-state index in [1.807, 2.05) is 37.3 Å². The topological polar surface area (TPSA) is 52.6 Å². The fourth-order valence-corrected chi connectivity index (χ4v) is 3.21. The van der Waals surface area contributed by atoms with E-state index >= 15 is 0 Å². The smallest absolute Gasteiger partial charge is 0.316 e. The normalized spacial score (nSPS) is 26.9. The molecule has 1 unspecified atom stereocenters. The van der Waals surface area contributed by atoms with Crippen molar-refractivity contribution in [3.8, 4) is 0 Å². The van der Waals surface area contributed by atoms with E-state index in [9.17, 15) is 9.59 Å². The first-order valence-corrected chi connectivity index (χ1v) is 7.71. The van der Waals surface area contributed by atoms with Gasteiger partial charge >= 0.3 is 11.9 Å². The van der Waals surface area contributed by atoms with Gasteiger partial charge in [-0.15, -0.1) is 0 Å². The van der Waals surface area contributed by atoms with Crippen LogP contribution in [0.2, 0.25) is 0 Å². The highest BCUT2D eigenvalue weighted by molar-refractivity contribution is 5.85. The maximum atomic E-state index is 12.1. The van der Waals surface area contributed by atoms with Gasteiger partial charge < -0.3 is 9.47 Å². The van der Waals surface area contributed by atoms with Gasteiger partial charge in [0.15, 0.2) is 0 Å². The van der Waals surface area contributed by atoms with Gasteiger partial charge in [0.25, 0.3) is 0 Å². The van der Waals surface area contributed by atoms with Crippen LogP contribution in [0.4, 0.5) is 0 Å². The van der Waals surface area contributed by atoms with Gasteiger partial charge in [-0.2, -0.15) is 0 Å². The molecule has 0 bridgehead atoms. The summed E-state index contributed by atoms with van der Waals surface area (Å²) >= 11 is 0. The Kier molecular flexibility index (Phi) is 4.01. The first kappa shape index (κ1) is 14.8. The van der Waals surface area contributed by atoms with Crippen LogP contribution in [0.3, 0.4) is 0 Å². The molecule has 22 heavy (non-hydrogen) atoms. The second-order valence-corrected chi connectivity index (χ2v) is 6.13. The first-order valence-electron chi connectivity index (χ1n) is 7.71. The van der Waals surface area contributed by atoms with Crippen molar-refractivity contribution in [3.63, 3.8) is 0 Å². The molecule has 1 aliphatic heterocycles. The zero-order chi connectivity index (χ0) is 15.6. The van der Waals surface area contributed by atoms with Gasteiger partial charge in [-0.05, 0) is 37.3 Å². The summed E-state index contributed by atoms with van der Waals surface area (Å²) in [5, 5.41) is 0. The van der Waals surface area contributed by atoms with Gasteiger partial charge in [-0.3, -0.25) is 9.59 Å². The number of ether oxygens (including phenoxy) is 2. The number of benzene rings is 1. The Morgan fingerprint density at radius 2 is 2.14 bits per heavy atom. The van der Waals surface area contributed by atoms with Gasteiger partial charge in [-0.1, -0.05) is 36.4 Å². The highest BCUT2D eigenvalue weighted by Crippen LogP contribution is 2.46. The summed E-state index contributed by atoms with van der Waals surface area (Å²) in [4.78, 5) is 24.1. The van der Waals surface area contributed by atoms with E-state index in [1.165, 1.54) is 0 Å². The van der Waals surface area contributed by atoms with Crippen LogP contribution in [0.1, 0.15) is 38.2 Å². The monoisotopic (exact) mass is 300 g/mol. The van der Waals surface area contributed by atoms with E-state index < -0.39 is 11.5 Å². The molecule has 1 aliphatic carbocycles. The number of hydrogen-bond acceptors (Lipinski definition) is 4. The first-order chi connectivity index (χ1) is 10.6. The van der Waals surface area contributed by atoms with Gasteiger partial charge in [-0.25, -0.2) is 0 Å². The van der Waals surface area contributed by atoms with Gasteiger partial charge in [0.1, 0.15) is 12.7 Å². The van der Waals surface area contributed by atoms with Gasteiger partial charge in [0.05, 0.1) is 11.8 Å². The number of allylic oxidation sites excluding steroid dienone is 1. The molecule has 1 heterocycles. The molecule has 1 aromatic carbocycles.